The molecule has 0 aromatic heterocycles. The van der Waals surface area contributed by atoms with Crippen LogP contribution in [0, 0.1) is 5.92 Å². The van der Waals surface area contributed by atoms with E-state index in [0.29, 0.717) is 13.0 Å². The number of unbranched alkanes of at least 4 members (excludes halogenated alkanes) is 1. The van der Waals surface area contributed by atoms with Crippen molar-refractivity contribution < 1.29 is 22.7 Å². The number of amides is 1. The van der Waals surface area contributed by atoms with Gasteiger partial charge in [-0.2, -0.15) is 13.2 Å². The maximum atomic E-state index is 12.3. The van der Waals surface area contributed by atoms with E-state index in [9.17, 15) is 18.0 Å². The van der Waals surface area contributed by atoms with Crippen molar-refractivity contribution in [1.82, 2.24) is 10.2 Å². The van der Waals surface area contributed by atoms with Crippen molar-refractivity contribution in [3.05, 3.63) is 0 Å². The molecule has 0 aromatic carbocycles. The third kappa shape index (κ3) is 7.02. The number of carbonyl (C=O) groups excluding carboxylic acids is 1. The van der Waals surface area contributed by atoms with E-state index in [4.69, 9.17) is 4.74 Å². The number of ether oxygens (including phenoxy) is 1. The first-order valence-electron chi connectivity index (χ1n) is 7.57. The molecule has 1 aliphatic rings. The van der Waals surface area contributed by atoms with E-state index < -0.39 is 18.8 Å². The Morgan fingerprint density at radius 2 is 2.05 bits per heavy atom. The molecule has 1 N–H and O–H groups in total. The molecule has 0 aromatic rings. The van der Waals surface area contributed by atoms with Crippen LogP contribution in [-0.4, -0.2) is 49.5 Å². The quantitative estimate of drug-likeness (QED) is 0.819. The average molecular weight is 310 g/mol. The molecule has 2 unspecified atom stereocenters. The largest absolute Gasteiger partial charge is 0.450 e. The van der Waals surface area contributed by atoms with Gasteiger partial charge in [0.2, 0.25) is 0 Å². The van der Waals surface area contributed by atoms with Gasteiger partial charge in [-0.3, -0.25) is 0 Å². The van der Waals surface area contributed by atoms with E-state index in [1.165, 1.54) is 4.90 Å². The smallest absolute Gasteiger partial charge is 0.409 e. The minimum atomic E-state index is -4.23. The monoisotopic (exact) mass is 310 g/mol. The molecule has 21 heavy (non-hydrogen) atoms. The van der Waals surface area contributed by atoms with E-state index in [1.54, 1.807) is 6.92 Å². The predicted octanol–water partition coefficient (Wildman–Crippen LogP) is 3.18. The molecule has 0 saturated carbocycles. The molecule has 0 spiro atoms. The minimum absolute atomic E-state index is 0.230. The summed E-state index contributed by atoms with van der Waals surface area (Å²) in [6.07, 6.45) is -1.00. The Balaban J connectivity index is 2.58. The molecule has 0 bridgehead atoms. The zero-order valence-electron chi connectivity index (χ0n) is 12.7. The standard InChI is InChI=1S/C14H25F3N2O2/c1-3-5-6-11-7-12(18-10-14(15,16)17)9-19(8-11)13(20)21-4-2/h11-12,18H,3-10H2,1-2H3. The van der Waals surface area contributed by atoms with Crippen LogP contribution in [0.25, 0.3) is 0 Å². The number of rotatable bonds is 6. The van der Waals surface area contributed by atoms with E-state index in [1.807, 2.05) is 0 Å². The van der Waals surface area contributed by atoms with Crippen LogP contribution in [-0.2, 0) is 4.74 Å². The fourth-order valence-electron chi connectivity index (χ4n) is 2.68. The highest BCUT2D eigenvalue weighted by Gasteiger charge is 2.33. The Hall–Kier alpha value is -0.980. The molecule has 4 nitrogen and oxygen atoms in total. The summed E-state index contributed by atoms with van der Waals surface area (Å²) < 4.78 is 41.9. The van der Waals surface area contributed by atoms with E-state index >= 15 is 0 Å². The highest BCUT2D eigenvalue weighted by Crippen LogP contribution is 2.23. The lowest BCUT2D eigenvalue weighted by Crippen LogP contribution is -2.52. The van der Waals surface area contributed by atoms with Gasteiger partial charge in [-0.25, -0.2) is 4.79 Å². The molecule has 0 aliphatic carbocycles. The number of nitrogens with one attached hydrogen (secondary N) is 1. The number of hydrogen-bond acceptors (Lipinski definition) is 3. The third-order valence-electron chi connectivity index (χ3n) is 3.62. The lowest BCUT2D eigenvalue weighted by atomic mass is 9.90. The van der Waals surface area contributed by atoms with Crippen LogP contribution in [0.5, 0.6) is 0 Å². The molecule has 1 aliphatic heterocycles. The maximum absolute atomic E-state index is 12.3. The Labute approximate surface area is 124 Å². The molecule has 1 saturated heterocycles. The van der Waals surface area contributed by atoms with Crippen LogP contribution in [0.15, 0.2) is 0 Å². The molecule has 124 valence electrons. The Morgan fingerprint density at radius 1 is 1.33 bits per heavy atom. The summed E-state index contributed by atoms with van der Waals surface area (Å²) in [4.78, 5) is 13.3. The average Bonchev–Trinajstić information content (AvgIpc) is 2.42. The van der Waals surface area contributed by atoms with Crippen LogP contribution < -0.4 is 5.32 Å². The summed E-state index contributed by atoms with van der Waals surface area (Å²) in [6.45, 7) is 3.89. The summed E-state index contributed by atoms with van der Waals surface area (Å²) >= 11 is 0. The van der Waals surface area contributed by atoms with Crippen molar-refractivity contribution in [2.45, 2.75) is 51.7 Å². The van der Waals surface area contributed by atoms with Gasteiger partial charge >= 0.3 is 12.3 Å². The fourth-order valence-corrected chi connectivity index (χ4v) is 2.68. The van der Waals surface area contributed by atoms with E-state index in [-0.39, 0.29) is 25.1 Å². The van der Waals surface area contributed by atoms with Gasteiger partial charge in [-0.15, -0.1) is 0 Å². The molecule has 0 radical (unpaired) electrons. The predicted molar refractivity (Wildman–Crippen MR) is 74.1 cm³/mol. The van der Waals surface area contributed by atoms with Gasteiger partial charge in [0, 0.05) is 19.1 Å². The van der Waals surface area contributed by atoms with Crippen LogP contribution in [0.2, 0.25) is 0 Å². The van der Waals surface area contributed by atoms with Gasteiger partial charge in [0.1, 0.15) is 0 Å². The van der Waals surface area contributed by atoms with Gasteiger partial charge in [-0.05, 0) is 25.7 Å². The van der Waals surface area contributed by atoms with Crippen molar-refractivity contribution in [2.75, 3.05) is 26.2 Å². The first-order valence-corrected chi connectivity index (χ1v) is 7.57. The van der Waals surface area contributed by atoms with Gasteiger partial charge in [0.15, 0.2) is 0 Å². The molecule has 2 atom stereocenters. The Bertz CT molecular complexity index is 324. The summed E-state index contributed by atoms with van der Waals surface area (Å²) in [5.41, 5.74) is 0. The maximum Gasteiger partial charge on any atom is 0.409 e. The molecular weight excluding hydrogens is 285 g/mol. The van der Waals surface area contributed by atoms with Crippen LogP contribution >= 0.6 is 0 Å². The molecular formula is C14H25F3N2O2. The van der Waals surface area contributed by atoms with Crippen molar-refractivity contribution in [3.8, 4) is 0 Å². The van der Waals surface area contributed by atoms with Crippen molar-refractivity contribution in [2.24, 2.45) is 5.92 Å². The van der Waals surface area contributed by atoms with Crippen LogP contribution in [0.1, 0.15) is 39.5 Å². The lowest BCUT2D eigenvalue weighted by molar-refractivity contribution is -0.127. The van der Waals surface area contributed by atoms with Gasteiger partial charge in [0.25, 0.3) is 0 Å². The second kappa shape index (κ2) is 8.46. The summed E-state index contributed by atoms with van der Waals surface area (Å²) in [5.74, 6) is 0.230. The number of halogens is 3. The number of carbonyl (C=O) groups is 1. The van der Waals surface area contributed by atoms with Crippen molar-refractivity contribution >= 4 is 6.09 Å². The highest BCUT2D eigenvalue weighted by molar-refractivity contribution is 5.67. The summed E-state index contributed by atoms with van der Waals surface area (Å²) in [7, 11) is 0. The second-order valence-electron chi connectivity index (χ2n) is 5.54. The molecule has 7 heteroatoms. The molecule has 1 heterocycles. The number of nitrogens with zero attached hydrogens (tertiary/aromatic N) is 1. The third-order valence-corrected chi connectivity index (χ3v) is 3.62. The Morgan fingerprint density at radius 3 is 2.62 bits per heavy atom. The minimum Gasteiger partial charge on any atom is -0.450 e. The highest BCUT2D eigenvalue weighted by atomic mass is 19.4. The molecule has 1 amide bonds. The van der Waals surface area contributed by atoms with Crippen molar-refractivity contribution in [3.63, 3.8) is 0 Å². The SMILES string of the molecule is CCCCC1CC(NCC(F)(F)F)CN(C(=O)OCC)C1. The topological polar surface area (TPSA) is 41.6 Å². The number of hydrogen-bond donors (Lipinski definition) is 1. The van der Waals surface area contributed by atoms with Crippen LogP contribution in [0.3, 0.4) is 0 Å². The Kier molecular flexibility index (Phi) is 7.28. The zero-order valence-corrected chi connectivity index (χ0v) is 12.7. The number of likely N-dealkylation sites (tertiary alicyclic amines) is 1. The van der Waals surface area contributed by atoms with Gasteiger partial charge in [0.05, 0.1) is 13.2 Å². The number of piperidine rings is 1. The zero-order chi connectivity index (χ0) is 15.9. The first-order chi connectivity index (χ1) is 9.85. The van der Waals surface area contributed by atoms with E-state index in [0.717, 1.165) is 19.3 Å². The summed E-state index contributed by atoms with van der Waals surface area (Å²) in [5, 5.41) is 2.52. The van der Waals surface area contributed by atoms with Gasteiger partial charge < -0.3 is 15.0 Å². The molecule has 1 fully saturated rings. The van der Waals surface area contributed by atoms with E-state index in [2.05, 4.69) is 12.2 Å². The molecule has 1 rings (SSSR count). The summed E-state index contributed by atoms with van der Waals surface area (Å²) in [6, 6.07) is -0.327. The first kappa shape index (κ1) is 18.1. The normalized spacial score (nSPS) is 23.2. The fraction of sp³-hybridized carbons (Fsp3) is 0.929. The second-order valence-corrected chi connectivity index (χ2v) is 5.54. The van der Waals surface area contributed by atoms with Crippen molar-refractivity contribution in [1.29, 1.82) is 0 Å². The van der Waals surface area contributed by atoms with Crippen LogP contribution in [0.4, 0.5) is 18.0 Å². The number of alkyl halides is 3. The lowest BCUT2D eigenvalue weighted by Gasteiger charge is -2.37. The van der Waals surface area contributed by atoms with Gasteiger partial charge in [-0.1, -0.05) is 19.8 Å².